The Morgan fingerprint density at radius 1 is 1.50 bits per heavy atom. The van der Waals surface area contributed by atoms with E-state index in [4.69, 9.17) is 0 Å². The van der Waals surface area contributed by atoms with Crippen molar-refractivity contribution in [3.05, 3.63) is 18.2 Å². The molecule has 0 spiro atoms. The second kappa shape index (κ2) is 4.67. The monoisotopic (exact) mass is 248 g/mol. The van der Waals surface area contributed by atoms with Crippen molar-refractivity contribution in [1.82, 2.24) is 19.8 Å². The molecule has 2 aliphatic rings. The Morgan fingerprint density at radius 3 is 3.00 bits per heavy atom. The van der Waals surface area contributed by atoms with E-state index in [1.807, 2.05) is 12.4 Å². The highest BCUT2D eigenvalue weighted by Crippen LogP contribution is 2.43. The van der Waals surface area contributed by atoms with Crippen LogP contribution in [0.5, 0.6) is 0 Å². The summed E-state index contributed by atoms with van der Waals surface area (Å²) < 4.78 is 2.14. The van der Waals surface area contributed by atoms with Gasteiger partial charge in [-0.3, -0.25) is 4.90 Å². The molecule has 1 unspecified atom stereocenters. The van der Waals surface area contributed by atoms with E-state index in [-0.39, 0.29) is 0 Å². The van der Waals surface area contributed by atoms with Crippen LogP contribution >= 0.6 is 0 Å². The molecule has 3 rings (SSSR count). The first-order chi connectivity index (χ1) is 8.70. The van der Waals surface area contributed by atoms with E-state index in [1.54, 1.807) is 0 Å². The van der Waals surface area contributed by atoms with Crippen LogP contribution in [0.1, 0.15) is 25.6 Å². The molecular weight excluding hydrogens is 224 g/mol. The maximum absolute atomic E-state index is 4.43. The van der Waals surface area contributed by atoms with E-state index in [1.165, 1.54) is 25.2 Å². The number of piperazine rings is 1. The van der Waals surface area contributed by atoms with Crippen molar-refractivity contribution >= 4 is 0 Å². The van der Waals surface area contributed by atoms with Gasteiger partial charge in [0.1, 0.15) is 5.82 Å². The van der Waals surface area contributed by atoms with Gasteiger partial charge in [-0.15, -0.1) is 0 Å². The standard InChI is InChI=1S/C14H24N4/c1-14(12-3-4-12)11-15-6-10-18(14)8-5-13-16-7-9-17(13)2/h7,9,12,15H,3-6,8,10-11H2,1-2H3. The summed E-state index contributed by atoms with van der Waals surface area (Å²) >= 11 is 0. The average molecular weight is 248 g/mol. The summed E-state index contributed by atoms with van der Waals surface area (Å²) in [4.78, 5) is 7.12. The van der Waals surface area contributed by atoms with Crippen molar-refractivity contribution in [2.24, 2.45) is 13.0 Å². The number of hydrogen-bond donors (Lipinski definition) is 1. The lowest BCUT2D eigenvalue weighted by molar-refractivity contribution is 0.0565. The fourth-order valence-electron chi connectivity index (χ4n) is 3.27. The topological polar surface area (TPSA) is 33.1 Å². The summed E-state index contributed by atoms with van der Waals surface area (Å²) in [5.74, 6) is 2.11. The molecule has 1 N–H and O–H groups in total. The fourth-order valence-corrected chi connectivity index (χ4v) is 3.27. The molecule has 1 aliphatic carbocycles. The van der Waals surface area contributed by atoms with Gasteiger partial charge in [0.2, 0.25) is 0 Å². The maximum atomic E-state index is 4.43. The lowest BCUT2D eigenvalue weighted by atomic mass is 9.91. The van der Waals surface area contributed by atoms with Gasteiger partial charge in [-0.25, -0.2) is 4.98 Å². The molecule has 1 saturated heterocycles. The van der Waals surface area contributed by atoms with Gasteiger partial charge in [0, 0.05) is 57.6 Å². The molecule has 1 aliphatic heterocycles. The lowest BCUT2D eigenvalue weighted by Crippen LogP contribution is -2.61. The Hall–Kier alpha value is -0.870. The predicted molar refractivity (Wildman–Crippen MR) is 72.5 cm³/mol. The highest BCUT2D eigenvalue weighted by Gasteiger charge is 2.46. The largest absolute Gasteiger partial charge is 0.338 e. The summed E-state index contributed by atoms with van der Waals surface area (Å²) in [5, 5.41) is 3.57. The number of rotatable bonds is 4. The summed E-state index contributed by atoms with van der Waals surface area (Å²) in [7, 11) is 2.08. The van der Waals surface area contributed by atoms with Gasteiger partial charge in [0.15, 0.2) is 0 Å². The zero-order chi connectivity index (χ0) is 12.6. The summed E-state index contributed by atoms with van der Waals surface area (Å²) in [6.07, 6.45) is 7.82. The first-order valence-corrected chi connectivity index (χ1v) is 7.12. The average Bonchev–Trinajstić information content (AvgIpc) is 3.14. The Labute approximate surface area is 109 Å². The van der Waals surface area contributed by atoms with Crippen LogP contribution in [0.3, 0.4) is 0 Å². The highest BCUT2D eigenvalue weighted by molar-refractivity contribution is 5.04. The zero-order valence-corrected chi connectivity index (χ0v) is 11.5. The summed E-state index contributed by atoms with van der Waals surface area (Å²) in [5.41, 5.74) is 0.378. The maximum Gasteiger partial charge on any atom is 0.109 e. The van der Waals surface area contributed by atoms with Crippen LogP contribution in [0.2, 0.25) is 0 Å². The molecule has 18 heavy (non-hydrogen) atoms. The number of aryl methyl sites for hydroxylation is 1. The smallest absolute Gasteiger partial charge is 0.109 e. The molecule has 0 radical (unpaired) electrons. The van der Waals surface area contributed by atoms with Crippen molar-refractivity contribution in [3.8, 4) is 0 Å². The Morgan fingerprint density at radius 2 is 2.33 bits per heavy atom. The molecule has 0 amide bonds. The van der Waals surface area contributed by atoms with E-state index in [2.05, 4.69) is 33.7 Å². The SMILES string of the molecule is Cn1ccnc1CCN1CCNCC1(C)C1CC1. The Balaban J connectivity index is 1.65. The Bertz CT molecular complexity index is 410. The second-order valence-corrected chi connectivity index (χ2v) is 6.00. The van der Waals surface area contributed by atoms with E-state index < -0.39 is 0 Å². The second-order valence-electron chi connectivity index (χ2n) is 6.00. The van der Waals surface area contributed by atoms with Gasteiger partial charge in [0.05, 0.1) is 0 Å². The fraction of sp³-hybridized carbons (Fsp3) is 0.786. The molecule has 4 heteroatoms. The molecular formula is C14H24N4. The third-order valence-electron chi connectivity index (χ3n) is 4.75. The highest BCUT2D eigenvalue weighted by atomic mass is 15.3. The minimum atomic E-state index is 0.378. The molecule has 1 atom stereocenters. The van der Waals surface area contributed by atoms with Crippen molar-refractivity contribution in [3.63, 3.8) is 0 Å². The van der Waals surface area contributed by atoms with Gasteiger partial charge < -0.3 is 9.88 Å². The molecule has 1 aromatic rings. The van der Waals surface area contributed by atoms with Crippen molar-refractivity contribution in [2.45, 2.75) is 31.7 Å². The first-order valence-electron chi connectivity index (χ1n) is 7.12. The number of nitrogens with zero attached hydrogens (tertiary/aromatic N) is 3. The third kappa shape index (κ3) is 2.19. The van der Waals surface area contributed by atoms with Gasteiger partial charge in [-0.2, -0.15) is 0 Å². The van der Waals surface area contributed by atoms with Crippen molar-refractivity contribution in [1.29, 1.82) is 0 Å². The van der Waals surface area contributed by atoms with E-state index in [9.17, 15) is 0 Å². The van der Waals surface area contributed by atoms with Crippen molar-refractivity contribution in [2.75, 3.05) is 26.2 Å². The van der Waals surface area contributed by atoms with E-state index >= 15 is 0 Å². The minimum absolute atomic E-state index is 0.378. The number of hydrogen-bond acceptors (Lipinski definition) is 3. The predicted octanol–water partition coefficient (Wildman–Crippen LogP) is 1.04. The zero-order valence-electron chi connectivity index (χ0n) is 11.5. The van der Waals surface area contributed by atoms with E-state index in [0.717, 1.165) is 32.0 Å². The number of nitrogens with one attached hydrogen (secondary N) is 1. The van der Waals surface area contributed by atoms with Gasteiger partial charge >= 0.3 is 0 Å². The summed E-state index contributed by atoms with van der Waals surface area (Å²) in [6.45, 7) is 7.04. The lowest BCUT2D eigenvalue weighted by Gasteiger charge is -2.46. The minimum Gasteiger partial charge on any atom is -0.338 e. The number of imidazole rings is 1. The molecule has 100 valence electrons. The Kier molecular flexibility index (Phi) is 3.16. The van der Waals surface area contributed by atoms with Crippen LogP contribution in [0.15, 0.2) is 12.4 Å². The molecule has 1 saturated carbocycles. The van der Waals surface area contributed by atoms with Crippen LogP contribution in [-0.2, 0) is 13.5 Å². The molecule has 2 heterocycles. The van der Waals surface area contributed by atoms with Gasteiger partial charge in [-0.1, -0.05) is 0 Å². The van der Waals surface area contributed by atoms with Crippen molar-refractivity contribution < 1.29 is 0 Å². The molecule has 2 fully saturated rings. The van der Waals surface area contributed by atoms with Crippen LogP contribution in [0, 0.1) is 5.92 Å². The number of aromatic nitrogens is 2. The first kappa shape index (κ1) is 12.2. The van der Waals surface area contributed by atoms with Gasteiger partial charge in [0.25, 0.3) is 0 Å². The molecule has 0 bridgehead atoms. The molecule has 1 aromatic heterocycles. The van der Waals surface area contributed by atoms with Crippen LogP contribution in [-0.4, -0.2) is 46.2 Å². The van der Waals surface area contributed by atoms with Crippen LogP contribution < -0.4 is 5.32 Å². The normalized spacial score (nSPS) is 29.7. The summed E-state index contributed by atoms with van der Waals surface area (Å²) in [6, 6.07) is 0. The molecule has 4 nitrogen and oxygen atoms in total. The van der Waals surface area contributed by atoms with E-state index in [0.29, 0.717) is 5.54 Å². The quantitative estimate of drug-likeness (QED) is 0.864. The third-order valence-corrected chi connectivity index (χ3v) is 4.75. The van der Waals surface area contributed by atoms with Crippen LogP contribution in [0.25, 0.3) is 0 Å². The van der Waals surface area contributed by atoms with Crippen LogP contribution in [0.4, 0.5) is 0 Å². The molecule has 0 aromatic carbocycles. The van der Waals surface area contributed by atoms with Gasteiger partial charge in [-0.05, 0) is 25.7 Å².